The van der Waals surface area contributed by atoms with E-state index in [0.717, 1.165) is 25.8 Å². The molecule has 1 aliphatic rings. The van der Waals surface area contributed by atoms with E-state index in [1.807, 2.05) is 0 Å². The van der Waals surface area contributed by atoms with Gasteiger partial charge in [-0.3, -0.25) is 4.90 Å². The summed E-state index contributed by atoms with van der Waals surface area (Å²) in [5.74, 6) is -0.379. The standard InChI is InChI=1S/C14H17BrClF2N/c15-12-4-5-13(17)11(14(12)18)9-19-8-2-1-3-10(19)6-7-16/h4-5,10H,1-3,6-9H2. The average Bonchev–Trinajstić information content (AvgIpc) is 2.41. The smallest absolute Gasteiger partial charge is 0.144 e. The van der Waals surface area contributed by atoms with Crippen molar-refractivity contribution >= 4 is 27.5 Å². The molecule has 0 aliphatic carbocycles. The summed E-state index contributed by atoms with van der Waals surface area (Å²) in [6.45, 7) is 1.20. The van der Waals surface area contributed by atoms with Crippen LogP contribution in [0.3, 0.4) is 0 Å². The van der Waals surface area contributed by atoms with Crippen LogP contribution in [0.5, 0.6) is 0 Å². The van der Waals surface area contributed by atoms with E-state index in [-0.39, 0.29) is 5.56 Å². The molecule has 0 spiro atoms. The third-order valence-electron chi connectivity index (χ3n) is 3.69. The summed E-state index contributed by atoms with van der Waals surface area (Å²) in [6.07, 6.45) is 4.18. The van der Waals surface area contributed by atoms with E-state index in [9.17, 15) is 8.78 Å². The minimum Gasteiger partial charge on any atom is -0.296 e. The van der Waals surface area contributed by atoms with Gasteiger partial charge in [0.1, 0.15) is 11.6 Å². The molecule has 0 radical (unpaired) electrons. The molecule has 1 aromatic carbocycles. The van der Waals surface area contributed by atoms with Crippen LogP contribution < -0.4 is 0 Å². The third-order valence-corrected chi connectivity index (χ3v) is 4.52. The highest BCUT2D eigenvalue weighted by Gasteiger charge is 2.24. The highest BCUT2D eigenvalue weighted by atomic mass is 79.9. The first-order chi connectivity index (χ1) is 9.13. The quantitative estimate of drug-likeness (QED) is 0.560. The van der Waals surface area contributed by atoms with E-state index in [4.69, 9.17) is 11.6 Å². The Hall–Kier alpha value is -0.190. The van der Waals surface area contributed by atoms with Crippen LogP contribution in [0.2, 0.25) is 0 Å². The molecular formula is C14H17BrClF2N. The average molecular weight is 353 g/mol. The van der Waals surface area contributed by atoms with E-state index in [2.05, 4.69) is 20.8 Å². The maximum Gasteiger partial charge on any atom is 0.144 e. The molecule has 1 atom stereocenters. The predicted octanol–water partition coefficient (Wildman–Crippen LogP) is 4.71. The van der Waals surface area contributed by atoms with Gasteiger partial charge in [-0.05, 0) is 53.9 Å². The van der Waals surface area contributed by atoms with Crippen molar-refractivity contribution in [1.29, 1.82) is 0 Å². The molecule has 0 saturated carbocycles. The zero-order valence-electron chi connectivity index (χ0n) is 10.6. The van der Waals surface area contributed by atoms with Crippen molar-refractivity contribution in [1.82, 2.24) is 4.90 Å². The molecule has 1 aromatic rings. The van der Waals surface area contributed by atoms with Crippen molar-refractivity contribution in [2.75, 3.05) is 12.4 Å². The van der Waals surface area contributed by atoms with Crippen LogP contribution in [0, 0.1) is 11.6 Å². The second-order valence-corrected chi connectivity index (χ2v) is 6.15. The van der Waals surface area contributed by atoms with Crippen molar-refractivity contribution in [3.63, 3.8) is 0 Å². The molecule has 1 saturated heterocycles. The normalized spacial score (nSPS) is 20.7. The number of benzene rings is 1. The van der Waals surface area contributed by atoms with Crippen molar-refractivity contribution in [3.8, 4) is 0 Å². The Kier molecular flexibility index (Phi) is 5.60. The summed E-state index contributed by atoms with van der Waals surface area (Å²) in [5, 5.41) is 0. The number of hydrogen-bond donors (Lipinski definition) is 0. The van der Waals surface area contributed by atoms with E-state index >= 15 is 0 Å². The molecule has 2 rings (SSSR count). The predicted molar refractivity (Wildman–Crippen MR) is 77.4 cm³/mol. The van der Waals surface area contributed by atoms with Crippen LogP contribution in [-0.4, -0.2) is 23.4 Å². The summed E-state index contributed by atoms with van der Waals surface area (Å²) >= 11 is 8.92. The molecule has 1 heterocycles. The molecule has 1 fully saturated rings. The largest absolute Gasteiger partial charge is 0.296 e. The van der Waals surface area contributed by atoms with E-state index in [0.29, 0.717) is 22.9 Å². The van der Waals surface area contributed by atoms with Crippen LogP contribution in [0.25, 0.3) is 0 Å². The minimum absolute atomic E-state index is 0.149. The topological polar surface area (TPSA) is 3.24 Å². The number of nitrogens with zero attached hydrogens (tertiary/aromatic N) is 1. The molecular weight excluding hydrogens is 336 g/mol. The Morgan fingerprint density at radius 1 is 1.32 bits per heavy atom. The van der Waals surface area contributed by atoms with Crippen LogP contribution in [0.4, 0.5) is 8.78 Å². The Balaban J connectivity index is 2.17. The van der Waals surface area contributed by atoms with Crippen LogP contribution in [0.15, 0.2) is 16.6 Å². The van der Waals surface area contributed by atoms with Crippen molar-refractivity contribution in [3.05, 3.63) is 33.8 Å². The fourth-order valence-electron chi connectivity index (χ4n) is 2.64. The first kappa shape index (κ1) is 15.2. The maximum atomic E-state index is 14.0. The minimum atomic E-state index is -0.491. The van der Waals surface area contributed by atoms with Gasteiger partial charge in [-0.1, -0.05) is 6.42 Å². The summed E-state index contributed by atoms with van der Waals surface area (Å²) < 4.78 is 28.1. The van der Waals surface area contributed by atoms with Gasteiger partial charge in [-0.2, -0.15) is 0 Å². The summed E-state index contributed by atoms with van der Waals surface area (Å²) in [6, 6.07) is 3.05. The van der Waals surface area contributed by atoms with Crippen LogP contribution in [0.1, 0.15) is 31.2 Å². The lowest BCUT2D eigenvalue weighted by molar-refractivity contribution is 0.133. The van der Waals surface area contributed by atoms with E-state index in [1.54, 1.807) is 0 Å². The van der Waals surface area contributed by atoms with Gasteiger partial charge in [0.15, 0.2) is 0 Å². The van der Waals surface area contributed by atoms with Gasteiger partial charge >= 0.3 is 0 Å². The molecule has 106 valence electrons. The SMILES string of the molecule is Fc1ccc(Br)c(F)c1CN1CCCCC1CCCl. The van der Waals surface area contributed by atoms with Crippen molar-refractivity contribution in [2.45, 2.75) is 38.3 Å². The number of piperidine rings is 1. The van der Waals surface area contributed by atoms with E-state index in [1.165, 1.54) is 18.6 Å². The zero-order chi connectivity index (χ0) is 13.8. The van der Waals surface area contributed by atoms with Gasteiger partial charge in [0.25, 0.3) is 0 Å². The van der Waals surface area contributed by atoms with Crippen molar-refractivity contribution in [2.24, 2.45) is 0 Å². The Morgan fingerprint density at radius 3 is 2.84 bits per heavy atom. The van der Waals surface area contributed by atoms with Crippen molar-refractivity contribution < 1.29 is 8.78 Å². The Morgan fingerprint density at radius 2 is 2.11 bits per heavy atom. The lowest BCUT2D eigenvalue weighted by Crippen LogP contribution is -2.39. The van der Waals surface area contributed by atoms with Gasteiger partial charge in [0.05, 0.1) is 4.47 Å². The summed E-state index contributed by atoms with van der Waals surface area (Å²) in [4.78, 5) is 2.15. The third kappa shape index (κ3) is 3.67. The van der Waals surface area contributed by atoms with E-state index < -0.39 is 11.6 Å². The second-order valence-electron chi connectivity index (χ2n) is 4.92. The molecule has 0 bridgehead atoms. The zero-order valence-corrected chi connectivity index (χ0v) is 13.0. The van der Waals surface area contributed by atoms with Gasteiger partial charge in [0.2, 0.25) is 0 Å². The lowest BCUT2D eigenvalue weighted by Gasteiger charge is -2.35. The number of halogens is 4. The number of rotatable bonds is 4. The molecule has 0 aromatic heterocycles. The molecule has 5 heteroatoms. The lowest BCUT2D eigenvalue weighted by atomic mass is 9.99. The number of alkyl halides is 1. The molecule has 0 amide bonds. The monoisotopic (exact) mass is 351 g/mol. The molecule has 1 unspecified atom stereocenters. The molecule has 1 aliphatic heterocycles. The molecule has 1 nitrogen and oxygen atoms in total. The fourth-order valence-corrected chi connectivity index (χ4v) is 3.26. The number of hydrogen-bond acceptors (Lipinski definition) is 1. The summed E-state index contributed by atoms with van der Waals surface area (Å²) in [7, 11) is 0. The second kappa shape index (κ2) is 7.00. The van der Waals surface area contributed by atoms with Gasteiger partial charge in [0, 0.05) is 24.0 Å². The molecule has 19 heavy (non-hydrogen) atoms. The highest BCUT2D eigenvalue weighted by Crippen LogP contribution is 2.27. The maximum absolute atomic E-state index is 14.0. The highest BCUT2D eigenvalue weighted by molar-refractivity contribution is 9.10. The van der Waals surface area contributed by atoms with Gasteiger partial charge < -0.3 is 0 Å². The Bertz CT molecular complexity index is 440. The van der Waals surface area contributed by atoms with Crippen LogP contribution in [-0.2, 0) is 6.54 Å². The molecule has 0 N–H and O–H groups in total. The number of likely N-dealkylation sites (tertiary alicyclic amines) is 1. The Labute approximate surface area is 126 Å². The fraction of sp³-hybridized carbons (Fsp3) is 0.571. The van der Waals surface area contributed by atoms with Gasteiger partial charge in [-0.25, -0.2) is 8.78 Å². The van der Waals surface area contributed by atoms with Gasteiger partial charge in [-0.15, -0.1) is 11.6 Å². The summed E-state index contributed by atoms with van der Waals surface area (Å²) in [5.41, 5.74) is 0.149. The first-order valence-electron chi connectivity index (χ1n) is 6.56. The van der Waals surface area contributed by atoms with Crippen LogP contribution >= 0.6 is 27.5 Å². The first-order valence-corrected chi connectivity index (χ1v) is 7.88.